The molecule has 1 aliphatic heterocycles. The molecule has 1 aromatic rings. The van der Waals surface area contributed by atoms with Crippen LogP contribution in [0.1, 0.15) is 55.8 Å². The van der Waals surface area contributed by atoms with Crippen molar-refractivity contribution in [2.45, 2.75) is 51.5 Å². The van der Waals surface area contributed by atoms with Gasteiger partial charge in [-0.3, -0.25) is 4.79 Å². The molecule has 1 aliphatic carbocycles. The summed E-state index contributed by atoms with van der Waals surface area (Å²) in [4.78, 5) is 13.9. The number of carbonyl (C=O) groups excluding carboxylic acids is 1. The molecule has 3 heteroatoms. The first-order valence-corrected chi connectivity index (χ1v) is 8.12. The number of anilines is 1. The third-order valence-electron chi connectivity index (χ3n) is 4.91. The number of Topliss-reactive ketones (excluding diaryl/α,β-unsaturated/α-hetero) is 1. The quantitative estimate of drug-likeness (QED) is 0.752. The van der Waals surface area contributed by atoms with Crippen LogP contribution in [0.25, 0.3) is 0 Å². The van der Waals surface area contributed by atoms with Crippen molar-refractivity contribution in [1.29, 1.82) is 0 Å². The summed E-state index contributed by atoms with van der Waals surface area (Å²) < 4.78 is 0. The number of halogens is 1. The van der Waals surface area contributed by atoms with E-state index in [2.05, 4.69) is 4.90 Å². The number of rotatable bonds is 3. The molecule has 2 nitrogen and oxygen atoms in total. The molecule has 1 heterocycles. The Morgan fingerprint density at radius 3 is 2.60 bits per heavy atom. The van der Waals surface area contributed by atoms with Crippen molar-refractivity contribution in [2.75, 3.05) is 11.4 Å². The second kappa shape index (κ2) is 5.77. The van der Waals surface area contributed by atoms with E-state index in [0.717, 1.165) is 23.2 Å². The zero-order chi connectivity index (χ0) is 14.1. The molecule has 0 N–H and O–H groups in total. The molecule has 1 aromatic carbocycles. The lowest BCUT2D eigenvalue weighted by molar-refractivity contribution is 0.101. The van der Waals surface area contributed by atoms with E-state index in [1.807, 2.05) is 18.2 Å². The van der Waals surface area contributed by atoms with Gasteiger partial charge in [-0.2, -0.15) is 0 Å². The van der Waals surface area contributed by atoms with E-state index in [0.29, 0.717) is 11.6 Å². The molecular formula is C17H22ClNO. The number of ketones is 1. The second-order valence-electron chi connectivity index (χ2n) is 6.17. The van der Waals surface area contributed by atoms with Crippen molar-refractivity contribution in [3.05, 3.63) is 28.8 Å². The zero-order valence-electron chi connectivity index (χ0n) is 12.1. The van der Waals surface area contributed by atoms with E-state index in [-0.39, 0.29) is 5.78 Å². The smallest absolute Gasteiger partial charge is 0.159 e. The van der Waals surface area contributed by atoms with Crippen LogP contribution in [0, 0.1) is 5.92 Å². The van der Waals surface area contributed by atoms with Crippen molar-refractivity contribution in [1.82, 2.24) is 0 Å². The van der Waals surface area contributed by atoms with Gasteiger partial charge in [-0.1, -0.05) is 24.4 Å². The molecule has 1 saturated heterocycles. The summed E-state index contributed by atoms with van der Waals surface area (Å²) in [5.74, 6) is 0.910. The fraction of sp³-hybridized carbons (Fsp3) is 0.588. The number of hydrogen-bond acceptors (Lipinski definition) is 2. The van der Waals surface area contributed by atoms with E-state index in [1.54, 1.807) is 6.92 Å². The van der Waals surface area contributed by atoms with Crippen molar-refractivity contribution < 1.29 is 4.79 Å². The van der Waals surface area contributed by atoms with Gasteiger partial charge < -0.3 is 4.90 Å². The maximum atomic E-state index is 11.4. The number of benzene rings is 1. The summed E-state index contributed by atoms with van der Waals surface area (Å²) in [5, 5.41) is 0.725. The molecule has 2 fully saturated rings. The van der Waals surface area contributed by atoms with Gasteiger partial charge in [0.1, 0.15) is 0 Å². The Kier molecular flexibility index (Phi) is 4.02. The van der Waals surface area contributed by atoms with E-state index < -0.39 is 0 Å². The van der Waals surface area contributed by atoms with Crippen molar-refractivity contribution in [3.8, 4) is 0 Å². The van der Waals surface area contributed by atoms with Crippen LogP contribution in [0.15, 0.2) is 18.2 Å². The molecule has 0 amide bonds. The van der Waals surface area contributed by atoms with Gasteiger partial charge in [0.2, 0.25) is 0 Å². The van der Waals surface area contributed by atoms with Gasteiger partial charge in [0.25, 0.3) is 0 Å². The van der Waals surface area contributed by atoms with Crippen molar-refractivity contribution >= 4 is 23.1 Å². The Morgan fingerprint density at radius 2 is 1.95 bits per heavy atom. The normalized spacial score (nSPS) is 23.5. The van der Waals surface area contributed by atoms with E-state index in [1.165, 1.54) is 38.5 Å². The Bertz CT molecular complexity index is 508. The first-order valence-electron chi connectivity index (χ1n) is 7.74. The molecule has 3 rings (SSSR count). The first-order chi connectivity index (χ1) is 9.66. The molecule has 0 spiro atoms. The maximum Gasteiger partial charge on any atom is 0.159 e. The van der Waals surface area contributed by atoms with Gasteiger partial charge in [0.05, 0.1) is 10.7 Å². The van der Waals surface area contributed by atoms with Gasteiger partial charge in [-0.15, -0.1) is 0 Å². The Hall–Kier alpha value is -1.02. The standard InChI is InChI=1S/C17H22ClNO/c1-12(20)14-8-9-17(15(18)11-14)19-10-4-7-16(19)13-5-2-3-6-13/h8-9,11,13,16H,2-7,10H2,1H3. The second-order valence-corrected chi connectivity index (χ2v) is 6.58. The highest BCUT2D eigenvalue weighted by Crippen LogP contribution is 2.40. The van der Waals surface area contributed by atoms with Gasteiger partial charge in [0, 0.05) is 18.2 Å². The monoisotopic (exact) mass is 291 g/mol. The number of hydrogen-bond donors (Lipinski definition) is 0. The van der Waals surface area contributed by atoms with Crippen LogP contribution in [0.3, 0.4) is 0 Å². The van der Waals surface area contributed by atoms with Gasteiger partial charge in [-0.25, -0.2) is 0 Å². The molecule has 2 aliphatic rings. The lowest BCUT2D eigenvalue weighted by Gasteiger charge is -2.32. The topological polar surface area (TPSA) is 20.3 Å². The van der Waals surface area contributed by atoms with Crippen LogP contribution >= 0.6 is 11.6 Å². The molecule has 108 valence electrons. The fourth-order valence-electron chi connectivity index (χ4n) is 3.88. The van der Waals surface area contributed by atoms with Crippen LogP contribution in [0.5, 0.6) is 0 Å². The SMILES string of the molecule is CC(=O)c1ccc(N2CCCC2C2CCCC2)c(Cl)c1. The number of nitrogens with zero attached hydrogens (tertiary/aromatic N) is 1. The summed E-state index contributed by atoms with van der Waals surface area (Å²) in [6, 6.07) is 6.42. The van der Waals surface area contributed by atoms with Crippen LogP contribution in [0.2, 0.25) is 5.02 Å². The highest BCUT2D eigenvalue weighted by Gasteiger charge is 2.34. The van der Waals surface area contributed by atoms with Crippen LogP contribution in [0.4, 0.5) is 5.69 Å². The Morgan fingerprint density at radius 1 is 1.20 bits per heavy atom. The lowest BCUT2D eigenvalue weighted by atomic mass is 9.95. The van der Waals surface area contributed by atoms with Crippen LogP contribution < -0.4 is 4.90 Å². The van der Waals surface area contributed by atoms with Crippen LogP contribution in [-0.4, -0.2) is 18.4 Å². The summed E-state index contributed by atoms with van der Waals surface area (Å²) in [6.07, 6.45) is 8.04. The fourth-order valence-corrected chi connectivity index (χ4v) is 4.17. The van der Waals surface area contributed by atoms with Crippen LogP contribution in [-0.2, 0) is 0 Å². The zero-order valence-corrected chi connectivity index (χ0v) is 12.8. The third kappa shape index (κ3) is 2.58. The summed E-state index contributed by atoms with van der Waals surface area (Å²) >= 11 is 6.43. The molecule has 1 unspecified atom stereocenters. The van der Waals surface area contributed by atoms with Gasteiger partial charge in [-0.05, 0) is 56.7 Å². The lowest BCUT2D eigenvalue weighted by Crippen LogP contribution is -2.34. The molecule has 0 aromatic heterocycles. The maximum absolute atomic E-state index is 11.4. The van der Waals surface area contributed by atoms with Crippen molar-refractivity contribution in [3.63, 3.8) is 0 Å². The highest BCUT2D eigenvalue weighted by molar-refractivity contribution is 6.33. The highest BCUT2D eigenvalue weighted by atomic mass is 35.5. The average molecular weight is 292 g/mol. The molecule has 20 heavy (non-hydrogen) atoms. The Labute approximate surface area is 126 Å². The van der Waals surface area contributed by atoms with Crippen molar-refractivity contribution in [2.24, 2.45) is 5.92 Å². The molecule has 0 bridgehead atoms. The molecular weight excluding hydrogens is 270 g/mol. The minimum absolute atomic E-state index is 0.0761. The minimum Gasteiger partial charge on any atom is -0.367 e. The third-order valence-corrected chi connectivity index (χ3v) is 5.21. The minimum atomic E-state index is 0.0761. The van der Waals surface area contributed by atoms with E-state index in [4.69, 9.17) is 11.6 Å². The number of carbonyl (C=O) groups is 1. The average Bonchev–Trinajstić information content (AvgIpc) is 3.09. The van der Waals surface area contributed by atoms with Gasteiger partial charge >= 0.3 is 0 Å². The Balaban J connectivity index is 1.85. The van der Waals surface area contributed by atoms with Gasteiger partial charge in [0.15, 0.2) is 5.78 Å². The molecule has 1 saturated carbocycles. The predicted octanol–water partition coefficient (Wildman–Crippen LogP) is 4.70. The summed E-state index contributed by atoms with van der Waals surface area (Å²) in [5.41, 5.74) is 1.82. The van der Waals surface area contributed by atoms with E-state index in [9.17, 15) is 4.79 Å². The first kappa shape index (κ1) is 13.9. The predicted molar refractivity (Wildman–Crippen MR) is 83.8 cm³/mol. The van der Waals surface area contributed by atoms with E-state index >= 15 is 0 Å². The summed E-state index contributed by atoms with van der Waals surface area (Å²) in [7, 11) is 0. The molecule has 0 radical (unpaired) electrons. The molecule has 1 atom stereocenters. The largest absolute Gasteiger partial charge is 0.367 e. The summed E-state index contributed by atoms with van der Waals surface area (Å²) in [6.45, 7) is 2.68.